The molecule has 0 aliphatic rings. The van der Waals surface area contributed by atoms with Gasteiger partial charge in [0.25, 0.3) is 0 Å². The van der Waals surface area contributed by atoms with Gasteiger partial charge in [0.1, 0.15) is 0 Å². The van der Waals surface area contributed by atoms with Crippen LogP contribution in [0.2, 0.25) is 0 Å². The third kappa shape index (κ3) is 1.71. The summed E-state index contributed by atoms with van der Waals surface area (Å²) in [5.41, 5.74) is 0. The van der Waals surface area contributed by atoms with E-state index in [0.29, 0.717) is 0 Å². The van der Waals surface area contributed by atoms with Gasteiger partial charge in [-0.3, -0.25) is 0 Å². The van der Waals surface area contributed by atoms with Crippen LogP contribution in [0, 0.1) is 31.1 Å². The van der Waals surface area contributed by atoms with E-state index in [9.17, 15) is 0 Å². The number of rotatable bonds is 0. The molecular weight excluding hydrogens is 226 g/mol. The van der Waals surface area contributed by atoms with Crippen molar-refractivity contribution in [1.82, 2.24) is 0 Å². The van der Waals surface area contributed by atoms with Gasteiger partial charge in [0.05, 0.1) is 0 Å². The molecule has 0 heterocycles. The Balaban J connectivity index is 4.42. The van der Waals surface area contributed by atoms with Crippen molar-refractivity contribution in [1.29, 1.82) is 0 Å². The first-order valence-electron chi connectivity index (χ1n) is 1.81. The maximum absolute atomic E-state index is 5.59. The van der Waals surface area contributed by atoms with Crippen LogP contribution in [-0.4, -0.2) is 17.3 Å². The molecule has 0 saturated carbocycles. The summed E-state index contributed by atoms with van der Waals surface area (Å²) in [7, 11) is 5.59. The van der Waals surface area contributed by atoms with Gasteiger partial charge in [-0.15, -0.1) is 0 Å². The average molecular weight is 229 g/mol. The Kier molecular flexibility index (Phi) is 2.84. The van der Waals surface area contributed by atoms with Crippen LogP contribution in [-0.2, 0) is 0 Å². The molecule has 0 aromatic carbocycles. The fourth-order valence-corrected chi connectivity index (χ4v) is 0.839. The molecule has 0 N–H and O–H groups in total. The summed E-state index contributed by atoms with van der Waals surface area (Å²) in [6.45, 7) is 0. The van der Waals surface area contributed by atoms with Gasteiger partial charge in [-0.1, -0.05) is 0 Å². The van der Waals surface area contributed by atoms with E-state index in [1.807, 2.05) is 0 Å². The number of halogens is 1. The molecule has 0 amide bonds. The van der Waals surface area contributed by atoms with Crippen LogP contribution in [0.15, 0.2) is 0 Å². The molecule has 0 rings (SSSR count). The van der Waals surface area contributed by atoms with Crippen LogP contribution < -0.4 is 0 Å². The second-order valence-corrected chi connectivity index (χ2v) is 11.1. The quantitative estimate of drug-likeness (QED) is 0.423. The van der Waals surface area contributed by atoms with E-state index in [0.717, 1.165) is 0 Å². The van der Waals surface area contributed by atoms with Crippen molar-refractivity contribution in [3.8, 4) is 31.1 Å². The summed E-state index contributed by atoms with van der Waals surface area (Å²) in [4.78, 5) is 0. The molecule has 38 valence electrons. The molecule has 0 unspecified atom stereocenters. The maximum atomic E-state index is 5.59. The predicted octanol–water partition coefficient (Wildman–Crippen LogP) is 0.688. The van der Waals surface area contributed by atoms with Crippen molar-refractivity contribution >= 4 is 26.2 Å². The van der Waals surface area contributed by atoms with Crippen molar-refractivity contribution in [3.05, 3.63) is 0 Å². The summed E-state index contributed by atoms with van der Waals surface area (Å²) >= 11 is -3.28. The molecule has 0 bridgehead atoms. The Morgan fingerprint density at radius 2 is 1.25 bits per heavy atom. The molecule has 0 aromatic rings. The SMILES string of the molecule is C#[C][Sn]([Cl])([C]#C)[C]#C. The topological polar surface area (TPSA) is 0 Å². The fourth-order valence-electron chi connectivity index (χ4n) is 0.125. The number of hydrogen-bond donors (Lipinski definition) is 0. The van der Waals surface area contributed by atoms with Crippen LogP contribution >= 0.6 is 8.92 Å². The summed E-state index contributed by atoms with van der Waals surface area (Å²) in [5.74, 6) is 0. The summed E-state index contributed by atoms with van der Waals surface area (Å²) < 4.78 is 6.84. The van der Waals surface area contributed by atoms with Gasteiger partial charge in [0.2, 0.25) is 0 Å². The Morgan fingerprint density at radius 1 is 1.00 bits per heavy atom. The molecule has 0 radical (unpaired) electrons. The molecular formula is C6H3ClSn. The molecule has 0 aromatic heterocycles. The molecule has 0 fully saturated rings. The standard InChI is InChI=1S/3C2H.ClH.Sn/c3*1-2;;/h3*1H;1H;/q;;;;+1/p-1. The van der Waals surface area contributed by atoms with Crippen molar-refractivity contribution in [2.45, 2.75) is 0 Å². The first-order chi connectivity index (χ1) is 3.68. The molecule has 0 aliphatic carbocycles. The zero-order valence-electron chi connectivity index (χ0n) is 4.11. The summed E-state index contributed by atoms with van der Waals surface area (Å²) in [6.07, 6.45) is 14.9. The monoisotopic (exact) mass is 230 g/mol. The minimum atomic E-state index is -3.28. The molecule has 2 heteroatoms. The van der Waals surface area contributed by atoms with E-state index >= 15 is 0 Å². The fraction of sp³-hybridized carbons (Fsp3) is 0. The van der Waals surface area contributed by atoms with E-state index in [1.165, 1.54) is 0 Å². The average Bonchev–Trinajstić information content (AvgIpc) is 1.87. The van der Waals surface area contributed by atoms with Gasteiger partial charge in [0, 0.05) is 0 Å². The van der Waals surface area contributed by atoms with Crippen LogP contribution in [0.25, 0.3) is 0 Å². The van der Waals surface area contributed by atoms with Crippen LogP contribution in [0.4, 0.5) is 0 Å². The van der Waals surface area contributed by atoms with Crippen LogP contribution in [0.5, 0.6) is 0 Å². The van der Waals surface area contributed by atoms with E-state index < -0.39 is 17.3 Å². The normalized spacial score (nSPS) is 8.25. The zero-order valence-corrected chi connectivity index (χ0v) is 7.72. The van der Waals surface area contributed by atoms with Crippen LogP contribution in [0.1, 0.15) is 0 Å². The van der Waals surface area contributed by atoms with E-state index in [4.69, 9.17) is 28.2 Å². The number of hydrogen-bond acceptors (Lipinski definition) is 0. The van der Waals surface area contributed by atoms with Gasteiger partial charge in [-0.05, 0) is 0 Å². The second kappa shape index (κ2) is 2.93. The predicted molar refractivity (Wildman–Crippen MR) is 38.1 cm³/mol. The van der Waals surface area contributed by atoms with E-state index in [2.05, 4.69) is 11.8 Å². The Bertz CT molecular complexity index is 162. The first-order valence-corrected chi connectivity index (χ1v) is 9.70. The van der Waals surface area contributed by atoms with Gasteiger partial charge in [-0.2, -0.15) is 0 Å². The Hall–Kier alpha value is -0.231. The third-order valence-electron chi connectivity index (χ3n) is 0.597. The van der Waals surface area contributed by atoms with Gasteiger partial charge < -0.3 is 0 Å². The number of terminal acetylenes is 3. The molecule has 0 saturated heterocycles. The van der Waals surface area contributed by atoms with Crippen molar-refractivity contribution < 1.29 is 0 Å². The van der Waals surface area contributed by atoms with Crippen molar-refractivity contribution in [2.75, 3.05) is 0 Å². The van der Waals surface area contributed by atoms with E-state index in [-0.39, 0.29) is 0 Å². The Morgan fingerprint density at radius 3 is 1.25 bits per heavy atom. The molecule has 0 nitrogen and oxygen atoms in total. The zero-order chi connectivity index (χ0) is 6.62. The first kappa shape index (κ1) is 7.77. The third-order valence-corrected chi connectivity index (χ3v) is 6.20. The van der Waals surface area contributed by atoms with Gasteiger partial charge in [0.15, 0.2) is 0 Å². The van der Waals surface area contributed by atoms with Crippen LogP contribution in [0.3, 0.4) is 0 Å². The van der Waals surface area contributed by atoms with Gasteiger partial charge in [-0.25, -0.2) is 0 Å². The van der Waals surface area contributed by atoms with Gasteiger partial charge >= 0.3 is 57.3 Å². The molecule has 0 spiro atoms. The molecule has 0 aliphatic heterocycles. The Labute approximate surface area is 57.2 Å². The molecule has 0 atom stereocenters. The molecule has 8 heavy (non-hydrogen) atoms. The van der Waals surface area contributed by atoms with Crippen molar-refractivity contribution in [2.24, 2.45) is 0 Å². The van der Waals surface area contributed by atoms with Crippen molar-refractivity contribution in [3.63, 3.8) is 0 Å². The second-order valence-electron chi connectivity index (χ2n) is 1.09. The van der Waals surface area contributed by atoms with E-state index in [1.54, 1.807) is 0 Å². The summed E-state index contributed by atoms with van der Waals surface area (Å²) in [6, 6.07) is 0. The summed E-state index contributed by atoms with van der Waals surface area (Å²) in [5, 5.41) is 0. The minimum absolute atomic E-state index is 2.28.